The van der Waals surface area contributed by atoms with Crippen molar-refractivity contribution in [2.45, 2.75) is 26.0 Å². The Morgan fingerprint density at radius 2 is 2.08 bits per heavy atom. The van der Waals surface area contributed by atoms with E-state index in [0.29, 0.717) is 10.0 Å². The Hall–Kier alpha value is -1.70. The summed E-state index contributed by atoms with van der Waals surface area (Å²) in [6.45, 7) is 2.08. The number of carbonyl (C=O) groups excluding carboxylic acids is 1. The fourth-order valence-corrected chi connectivity index (χ4v) is 3.19. The van der Waals surface area contributed by atoms with E-state index < -0.39 is 24.1 Å². The molecule has 136 valence electrons. The molecule has 1 aromatic heterocycles. The maximum absolute atomic E-state index is 13.0. The lowest BCUT2D eigenvalue weighted by atomic mass is 9.97. The molecule has 2 N–H and O–H groups in total. The molecule has 0 radical (unpaired) electrons. The van der Waals surface area contributed by atoms with Crippen LogP contribution in [0.2, 0.25) is 10.0 Å². The highest BCUT2D eigenvalue weighted by molar-refractivity contribution is 6.35. The summed E-state index contributed by atoms with van der Waals surface area (Å²) in [6.07, 6.45) is -2.08. The van der Waals surface area contributed by atoms with E-state index in [2.05, 4.69) is 5.10 Å². The molecule has 2 unspecified atom stereocenters. The molecule has 0 aliphatic rings. The van der Waals surface area contributed by atoms with Gasteiger partial charge in [0.1, 0.15) is 5.69 Å². The van der Waals surface area contributed by atoms with Crippen LogP contribution in [0.1, 0.15) is 41.1 Å². The first-order valence-electron chi connectivity index (χ1n) is 7.37. The number of halogens is 4. The van der Waals surface area contributed by atoms with Gasteiger partial charge in [-0.05, 0) is 17.7 Å². The molecule has 0 spiro atoms. The average Bonchev–Trinajstić information content (AvgIpc) is 2.94. The molecule has 5 nitrogen and oxygen atoms in total. The van der Waals surface area contributed by atoms with Crippen molar-refractivity contribution in [1.29, 1.82) is 0 Å². The SMILES string of the molecule is COC(c1ccc(Cl)cc1Cl)C(C)Cn1cc(C(N)=O)c(C(F)F)n1. The van der Waals surface area contributed by atoms with Crippen LogP contribution in [0.4, 0.5) is 8.78 Å². The number of benzene rings is 1. The van der Waals surface area contributed by atoms with Crippen molar-refractivity contribution < 1.29 is 18.3 Å². The van der Waals surface area contributed by atoms with Gasteiger partial charge in [0.25, 0.3) is 12.3 Å². The van der Waals surface area contributed by atoms with Gasteiger partial charge in [-0.2, -0.15) is 5.10 Å². The lowest BCUT2D eigenvalue weighted by Gasteiger charge is -2.24. The van der Waals surface area contributed by atoms with Crippen molar-refractivity contribution >= 4 is 29.1 Å². The number of ether oxygens (including phenoxy) is 1. The number of nitrogens with two attached hydrogens (primary N) is 1. The summed E-state index contributed by atoms with van der Waals surface area (Å²) in [4.78, 5) is 11.3. The first-order chi connectivity index (χ1) is 11.7. The van der Waals surface area contributed by atoms with Gasteiger partial charge in [0.2, 0.25) is 0 Å². The summed E-state index contributed by atoms with van der Waals surface area (Å²) in [5.74, 6) is -1.13. The zero-order valence-electron chi connectivity index (χ0n) is 13.5. The molecule has 0 aliphatic carbocycles. The topological polar surface area (TPSA) is 70.1 Å². The van der Waals surface area contributed by atoms with Gasteiger partial charge in [-0.15, -0.1) is 0 Å². The second-order valence-electron chi connectivity index (χ2n) is 5.61. The van der Waals surface area contributed by atoms with Crippen LogP contribution in [0.3, 0.4) is 0 Å². The molecule has 2 atom stereocenters. The molecule has 2 aromatic rings. The van der Waals surface area contributed by atoms with E-state index >= 15 is 0 Å². The Morgan fingerprint density at radius 1 is 1.40 bits per heavy atom. The summed E-state index contributed by atoms with van der Waals surface area (Å²) >= 11 is 12.1. The van der Waals surface area contributed by atoms with Crippen LogP contribution < -0.4 is 5.73 Å². The zero-order chi connectivity index (χ0) is 18.7. The van der Waals surface area contributed by atoms with Crippen molar-refractivity contribution in [1.82, 2.24) is 9.78 Å². The van der Waals surface area contributed by atoms with E-state index in [4.69, 9.17) is 33.7 Å². The fraction of sp³-hybridized carbons (Fsp3) is 0.375. The van der Waals surface area contributed by atoms with Crippen molar-refractivity contribution in [2.24, 2.45) is 11.7 Å². The van der Waals surface area contributed by atoms with E-state index in [1.807, 2.05) is 6.92 Å². The Kier molecular flexibility index (Phi) is 6.37. The van der Waals surface area contributed by atoms with Crippen molar-refractivity contribution in [3.8, 4) is 0 Å². The van der Waals surface area contributed by atoms with Crippen molar-refractivity contribution in [3.05, 3.63) is 51.3 Å². The molecular formula is C16H17Cl2F2N3O2. The number of alkyl halides is 2. The molecule has 1 amide bonds. The largest absolute Gasteiger partial charge is 0.376 e. The van der Waals surface area contributed by atoms with Crippen molar-refractivity contribution in [2.75, 3.05) is 7.11 Å². The smallest absolute Gasteiger partial charge is 0.282 e. The molecule has 9 heteroatoms. The van der Waals surface area contributed by atoms with Gasteiger partial charge >= 0.3 is 0 Å². The summed E-state index contributed by atoms with van der Waals surface area (Å²) in [6, 6.07) is 5.04. The maximum Gasteiger partial charge on any atom is 0.282 e. The molecule has 0 bridgehead atoms. The normalized spacial score (nSPS) is 13.9. The number of hydrogen-bond donors (Lipinski definition) is 1. The lowest BCUT2D eigenvalue weighted by Crippen LogP contribution is -2.19. The van der Waals surface area contributed by atoms with Gasteiger partial charge in [0.05, 0.1) is 11.7 Å². The second kappa shape index (κ2) is 8.12. The van der Waals surface area contributed by atoms with Crippen LogP contribution in [0, 0.1) is 5.92 Å². The van der Waals surface area contributed by atoms with Crippen LogP contribution in [0.5, 0.6) is 0 Å². The Balaban J connectivity index is 2.26. The van der Waals surface area contributed by atoms with Crippen LogP contribution in [-0.4, -0.2) is 22.8 Å². The number of nitrogens with zero attached hydrogens (tertiary/aromatic N) is 2. The number of amides is 1. The van der Waals surface area contributed by atoms with Crippen LogP contribution in [-0.2, 0) is 11.3 Å². The number of carbonyl (C=O) groups is 1. The summed E-state index contributed by atoms with van der Waals surface area (Å²) in [5.41, 5.74) is 4.93. The summed E-state index contributed by atoms with van der Waals surface area (Å²) < 4.78 is 32.7. The lowest BCUT2D eigenvalue weighted by molar-refractivity contribution is 0.0496. The van der Waals surface area contributed by atoms with E-state index in [1.54, 1.807) is 18.2 Å². The molecule has 0 saturated carbocycles. The van der Waals surface area contributed by atoms with Crippen LogP contribution in [0.25, 0.3) is 0 Å². The molecule has 25 heavy (non-hydrogen) atoms. The zero-order valence-corrected chi connectivity index (χ0v) is 15.1. The highest BCUT2D eigenvalue weighted by Crippen LogP contribution is 2.33. The quantitative estimate of drug-likeness (QED) is 0.766. The molecular weight excluding hydrogens is 375 g/mol. The predicted octanol–water partition coefficient (Wildman–Crippen LogP) is 4.25. The molecule has 0 saturated heterocycles. The monoisotopic (exact) mass is 391 g/mol. The van der Waals surface area contributed by atoms with E-state index in [1.165, 1.54) is 18.0 Å². The van der Waals surface area contributed by atoms with E-state index in [9.17, 15) is 13.6 Å². The predicted molar refractivity (Wildman–Crippen MR) is 91.1 cm³/mol. The number of primary amides is 1. The minimum Gasteiger partial charge on any atom is -0.376 e. The fourth-order valence-electron chi connectivity index (χ4n) is 2.67. The highest BCUT2D eigenvalue weighted by atomic mass is 35.5. The third-order valence-corrected chi connectivity index (χ3v) is 4.34. The Bertz CT molecular complexity index is 768. The Morgan fingerprint density at radius 3 is 2.56 bits per heavy atom. The van der Waals surface area contributed by atoms with Gasteiger partial charge in [0, 0.05) is 35.8 Å². The molecule has 1 aromatic carbocycles. The van der Waals surface area contributed by atoms with Gasteiger partial charge in [0.15, 0.2) is 0 Å². The first kappa shape index (κ1) is 19.6. The summed E-state index contributed by atoms with van der Waals surface area (Å²) in [5, 5.41) is 4.71. The number of methoxy groups -OCH3 is 1. The van der Waals surface area contributed by atoms with Gasteiger partial charge in [-0.1, -0.05) is 36.2 Å². The Labute approximate surface area is 153 Å². The highest BCUT2D eigenvalue weighted by Gasteiger charge is 2.25. The number of aromatic nitrogens is 2. The molecule has 2 rings (SSSR count). The molecule has 0 aliphatic heterocycles. The van der Waals surface area contributed by atoms with Gasteiger partial charge in [-0.3, -0.25) is 9.48 Å². The van der Waals surface area contributed by atoms with Crippen LogP contribution in [0.15, 0.2) is 24.4 Å². The minimum absolute atomic E-state index is 0.185. The standard InChI is InChI=1S/C16H17Cl2F2N3O2/c1-8(14(25-2)10-4-3-9(17)5-12(10)18)6-23-7-11(16(21)24)13(22-23)15(19)20/h3-5,7-8,14-15H,6H2,1-2H3,(H2,21,24). The molecule has 0 fully saturated rings. The second-order valence-corrected chi connectivity index (χ2v) is 6.46. The third-order valence-electron chi connectivity index (χ3n) is 3.78. The number of rotatable bonds is 7. The summed E-state index contributed by atoms with van der Waals surface area (Å²) in [7, 11) is 1.52. The maximum atomic E-state index is 13.0. The van der Waals surface area contributed by atoms with Crippen molar-refractivity contribution in [3.63, 3.8) is 0 Å². The first-order valence-corrected chi connectivity index (χ1v) is 8.13. The van der Waals surface area contributed by atoms with E-state index in [0.717, 1.165) is 5.56 Å². The van der Waals surface area contributed by atoms with Gasteiger partial charge < -0.3 is 10.5 Å². The molecule has 1 heterocycles. The minimum atomic E-state index is -2.89. The van der Waals surface area contributed by atoms with Crippen LogP contribution >= 0.6 is 23.2 Å². The van der Waals surface area contributed by atoms with Gasteiger partial charge in [-0.25, -0.2) is 8.78 Å². The third kappa shape index (κ3) is 4.48. The van der Waals surface area contributed by atoms with E-state index in [-0.39, 0.29) is 18.0 Å². The average molecular weight is 392 g/mol. The number of hydrogen-bond acceptors (Lipinski definition) is 3.